The molecule has 0 saturated heterocycles. The molecule has 5 heteroatoms. The van der Waals surface area contributed by atoms with Gasteiger partial charge in [-0.25, -0.2) is 4.79 Å². The summed E-state index contributed by atoms with van der Waals surface area (Å²) in [4.78, 5) is 11.9. The van der Waals surface area contributed by atoms with Crippen molar-refractivity contribution in [3.05, 3.63) is 58.1 Å². The van der Waals surface area contributed by atoms with Gasteiger partial charge in [-0.15, -0.1) is 0 Å². The first-order valence-electron chi connectivity index (χ1n) is 7.61. The van der Waals surface area contributed by atoms with Crippen molar-refractivity contribution < 1.29 is 9.53 Å². The van der Waals surface area contributed by atoms with Crippen LogP contribution < -0.4 is 15.4 Å². The normalized spacial score (nSPS) is 10.2. The maximum Gasteiger partial charge on any atom is 0.319 e. The van der Waals surface area contributed by atoms with Crippen LogP contribution in [0.5, 0.6) is 5.75 Å². The third-order valence-electron chi connectivity index (χ3n) is 3.34. The van der Waals surface area contributed by atoms with Gasteiger partial charge in [0.2, 0.25) is 0 Å². The quantitative estimate of drug-likeness (QED) is 0.728. The molecule has 0 spiro atoms. The molecule has 0 fully saturated rings. The summed E-state index contributed by atoms with van der Waals surface area (Å²) >= 11 is 3.43. The average Bonchev–Trinajstić information content (AvgIpc) is 2.54. The van der Waals surface area contributed by atoms with Gasteiger partial charge >= 0.3 is 6.03 Å². The van der Waals surface area contributed by atoms with Crippen molar-refractivity contribution in [2.75, 3.05) is 18.5 Å². The van der Waals surface area contributed by atoms with Gasteiger partial charge in [0.15, 0.2) is 0 Å². The number of rotatable bonds is 6. The summed E-state index contributed by atoms with van der Waals surface area (Å²) in [5, 5.41) is 5.58. The fourth-order valence-electron chi connectivity index (χ4n) is 2.08. The number of amides is 2. The lowest BCUT2D eigenvalue weighted by Gasteiger charge is -2.11. The lowest BCUT2D eigenvalue weighted by atomic mass is 10.2. The fourth-order valence-corrected chi connectivity index (χ4v) is 2.67. The second-order valence-electron chi connectivity index (χ2n) is 5.21. The molecule has 0 saturated carbocycles. The Morgan fingerprint density at radius 3 is 2.78 bits per heavy atom. The van der Waals surface area contributed by atoms with Crippen LogP contribution in [0.25, 0.3) is 0 Å². The van der Waals surface area contributed by atoms with E-state index in [1.807, 2.05) is 43.3 Å². The van der Waals surface area contributed by atoms with Gasteiger partial charge in [-0.1, -0.05) is 25.1 Å². The Morgan fingerprint density at radius 2 is 2.04 bits per heavy atom. The summed E-state index contributed by atoms with van der Waals surface area (Å²) in [5.74, 6) is 0.827. The minimum Gasteiger partial charge on any atom is -0.492 e. The van der Waals surface area contributed by atoms with Gasteiger partial charge in [-0.05, 0) is 64.7 Å². The molecule has 0 atom stereocenters. The van der Waals surface area contributed by atoms with E-state index in [2.05, 4.69) is 39.6 Å². The molecule has 2 aromatic rings. The maximum absolute atomic E-state index is 11.9. The third-order valence-corrected chi connectivity index (χ3v) is 3.99. The molecule has 4 nitrogen and oxygen atoms in total. The zero-order valence-corrected chi connectivity index (χ0v) is 14.9. The number of hydrogen-bond donors (Lipinski definition) is 2. The van der Waals surface area contributed by atoms with E-state index in [1.54, 1.807) is 0 Å². The number of hydrogen-bond acceptors (Lipinski definition) is 2. The lowest BCUT2D eigenvalue weighted by molar-refractivity contribution is 0.247. The SMILES string of the molecule is CCc1cccc(OCCNC(=O)Nc2ccc(C)cc2Br)c1. The molecule has 2 amide bonds. The standard InChI is InChI=1S/C18H21BrN2O2/c1-3-14-5-4-6-15(12-14)23-10-9-20-18(22)21-17-8-7-13(2)11-16(17)19/h4-8,11-12H,3,9-10H2,1-2H3,(H2,20,21,22). The van der Waals surface area contributed by atoms with Gasteiger partial charge in [0.05, 0.1) is 12.2 Å². The number of halogens is 1. The highest BCUT2D eigenvalue weighted by Gasteiger charge is 2.05. The molecule has 0 radical (unpaired) electrons. The number of carbonyl (C=O) groups excluding carboxylic acids is 1. The Kier molecular flexibility index (Phi) is 6.47. The summed E-state index contributed by atoms with van der Waals surface area (Å²) in [6, 6.07) is 13.5. The van der Waals surface area contributed by atoms with Crippen molar-refractivity contribution in [1.82, 2.24) is 5.32 Å². The fraction of sp³-hybridized carbons (Fsp3) is 0.278. The molecule has 0 aliphatic carbocycles. The number of benzene rings is 2. The van der Waals surface area contributed by atoms with Crippen LogP contribution in [0.3, 0.4) is 0 Å². The first kappa shape index (κ1) is 17.3. The predicted molar refractivity (Wildman–Crippen MR) is 97.2 cm³/mol. The Balaban J connectivity index is 1.74. The lowest BCUT2D eigenvalue weighted by Crippen LogP contribution is -2.32. The van der Waals surface area contributed by atoms with E-state index in [9.17, 15) is 4.79 Å². The largest absolute Gasteiger partial charge is 0.492 e. The topological polar surface area (TPSA) is 50.4 Å². The van der Waals surface area contributed by atoms with Crippen LogP contribution in [-0.4, -0.2) is 19.2 Å². The molecule has 2 N–H and O–H groups in total. The number of anilines is 1. The van der Waals surface area contributed by atoms with E-state index >= 15 is 0 Å². The summed E-state index contributed by atoms with van der Waals surface area (Å²) in [5.41, 5.74) is 3.10. The maximum atomic E-state index is 11.9. The van der Waals surface area contributed by atoms with Crippen molar-refractivity contribution in [1.29, 1.82) is 0 Å². The third kappa shape index (κ3) is 5.60. The smallest absolute Gasteiger partial charge is 0.319 e. The van der Waals surface area contributed by atoms with Crippen LogP contribution >= 0.6 is 15.9 Å². The average molecular weight is 377 g/mol. The van der Waals surface area contributed by atoms with Crippen LogP contribution in [0.2, 0.25) is 0 Å². The Labute approximate surface area is 145 Å². The molecular formula is C18H21BrN2O2. The van der Waals surface area contributed by atoms with Gasteiger partial charge in [0.1, 0.15) is 12.4 Å². The summed E-state index contributed by atoms with van der Waals surface area (Å²) in [6.07, 6.45) is 0.975. The minimum atomic E-state index is -0.250. The van der Waals surface area contributed by atoms with E-state index in [0.717, 1.165) is 27.9 Å². The second kappa shape index (κ2) is 8.58. The van der Waals surface area contributed by atoms with Crippen LogP contribution in [0, 0.1) is 6.92 Å². The van der Waals surface area contributed by atoms with Crippen molar-refractivity contribution in [2.45, 2.75) is 20.3 Å². The van der Waals surface area contributed by atoms with Gasteiger partial charge < -0.3 is 15.4 Å². The van der Waals surface area contributed by atoms with E-state index in [4.69, 9.17) is 4.74 Å². The van der Waals surface area contributed by atoms with Crippen LogP contribution in [-0.2, 0) is 6.42 Å². The first-order valence-corrected chi connectivity index (χ1v) is 8.40. The molecule has 0 aliphatic heterocycles. The summed E-state index contributed by atoms with van der Waals surface area (Å²) in [6.45, 7) is 4.97. The molecule has 0 aromatic heterocycles. The molecule has 0 bridgehead atoms. The van der Waals surface area contributed by atoms with Gasteiger partial charge in [0, 0.05) is 4.47 Å². The number of nitrogens with one attached hydrogen (secondary N) is 2. The second-order valence-corrected chi connectivity index (χ2v) is 6.07. The Bertz CT molecular complexity index is 674. The van der Waals surface area contributed by atoms with Crippen molar-refractivity contribution >= 4 is 27.6 Å². The van der Waals surface area contributed by atoms with E-state index in [0.29, 0.717) is 13.2 Å². The molecule has 23 heavy (non-hydrogen) atoms. The highest BCUT2D eigenvalue weighted by molar-refractivity contribution is 9.10. The monoisotopic (exact) mass is 376 g/mol. The predicted octanol–water partition coefficient (Wildman–Crippen LogP) is 4.52. The van der Waals surface area contributed by atoms with E-state index in [-0.39, 0.29) is 6.03 Å². The molecule has 2 aromatic carbocycles. The molecular weight excluding hydrogens is 356 g/mol. The van der Waals surface area contributed by atoms with E-state index < -0.39 is 0 Å². The van der Waals surface area contributed by atoms with E-state index in [1.165, 1.54) is 5.56 Å². The Morgan fingerprint density at radius 1 is 1.22 bits per heavy atom. The Hall–Kier alpha value is -2.01. The molecule has 0 heterocycles. The van der Waals surface area contributed by atoms with Gasteiger partial charge in [-0.3, -0.25) is 0 Å². The van der Waals surface area contributed by atoms with Crippen molar-refractivity contribution in [2.24, 2.45) is 0 Å². The van der Waals surface area contributed by atoms with Gasteiger partial charge in [0.25, 0.3) is 0 Å². The van der Waals surface area contributed by atoms with Crippen molar-refractivity contribution in [3.8, 4) is 5.75 Å². The number of urea groups is 1. The molecule has 2 rings (SSSR count). The van der Waals surface area contributed by atoms with Crippen molar-refractivity contribution in [3.63, 3.8) is 0 Å². The zero-order chi connectivity index (χ0) is 16.7. The highest BCUT2D eigenvalue weighted by atomic mass is 79.9. The van der Waals surface area contributed by atoms with Crippen LogP contribution in [0.1, 0.15) is 18.1 Å². The number of ether oxygens (including phenoxy) is 1. The first-order chi connectivity index (χ1) is 11.1. The highest BCUT2D eigenvalue weighted by Crippen LogP contribution is 2.23. The molecule has 122 valence electrons. The summed E-state index contributed by atoms with van der Waals surface area (Å²) in [7, 11) is 0. The summed E-state index contributed by atoms with van der Waals surface area (Å²) < 4.78 is 6.50. The minimum absolute atomic E-state index is 0.250. The number of aryl methyl sites for hydroxylation is 2. The van der Waals surface area contributed by atoms with Crippen LogP contribution in [0.15, 0.2) is 46.9 Å². The number of carbonyl (C=O) groups is 1. The zero-order valence-electron chi connectivity index (χ0n) is 13.4. The van der Waals surface area contributed by atoms with Gasteiger partial charge in [-0.2, -0.15) is 0 Å². The molecule has 0 unspecified atom stereocenters. The molecule has 0 aliphatic rings. The van der Waals surface area contributed by atoms with Crippen LogP contribution in [0.4, 0.5) is 10.5 Å².